The molecule has 0 spiro atoms. The molecule has 0 saturated heterocycles. The van der Waals surface area contributed by atoms with Crippen LogP contribution in [0, 0.1) is 34.0 Å². The van der Waals surface area contributed by atoms with Crippen molar-refractivity contribution in [2.75, 3.05) is 18.0 Å². The Morgan fingerprint density at radius 2 is 1.80 bits per heavy atom. The normalized spacial score (nSPS) is 8.33. The topological polar surface area (TPSA) is 87.5 Å². The lowest BCUT2D eigenvalue weighted by Crippen LogP contribution is -2.24. The van der Waals surface area contributed by atoms with E-state index in [1.54, 1.807) is 18.2 Å². The molecule has 1 rings (SSSR count). The average molecular weight is 197 g/mol. The van der Waals surface area contributed by atoms with Crippen molar-refractivity contribution in [3.8, 4) is 18.2 Å². The molecule has 0 bridgehead atoms. The fourth-order valence-corrected chi connectivity index (χ4v) is 1.05. The number of pyridine rings is 1. The van der Waals surface area contributed by atoms with Crippen molar-refractivity contribution in [2.45, 2.75) is 0 Å². The van der Waals surface area contributed by atoms with E-state index in [0.717, 1.165) is 0 Å². The molecule has 0 amide bonds. The Morgan fingerprint density at radius 1 is 1.13 bits per heavy atom. The molecule has 0 aliphatic carbocycles. The van der Waals surface area contributed by atoms with Gasteiger partial charge in [0.25, 0.3) is 0 Å². The Hall–Kier alpha value is -2.58. The minimum absolute atomic E-state index is 0.0788. The number of anilines is 1. The quantitative estimate of drug-likeness (QED) is 0.669. The van der Waals surface area contributed by atoms with Gasteiger partial charge in [0.15, 0.2) is 0 Å². The predicted octanol–water partition coefficient (Wildman–Crippen LogP) is 0.807. The lowest BCUT2D eigenvalue weighted by atomic mass is 10.3. The zero-order chi connectivity index (χ0) is 11.1. The van der Waals surface area contributed by atoms with Gasteiger partial charge in [-0.1, -0.05) is 6.07 Å². The minimum Gasteiger partial charge on any atom is -0.330 e. The van der Waals surface area contributed by atoms with Crippen LogP contribution in [-0.4, -0.2) is 18.1 Å². The van der Waals surface area contributed by atoms with E-state index >= 15 is 0 Å². The second-order valence-corrected chi connectivity index (χ2v) is 2.67. The van der Waals surface area contributed by atoms with E-state index in [4.69, 9.17) is 15.8 Å². The third kappa shape index (κ3) is 2.69. The van der Waals surface area contributed by atoms with Crippen LogP contribution in [0.3, 0.4) is 0 Å². The van der Waals surface area contributed by atoms with Gasteiger partial charge >= 0.3 is 0 Å². The highest BCUT2D eigenvalue weighted by Crippen LogP contribution is 2.09. The third-order valence-corrected chi connectivity index (χ3v) is 1.70. The van der Waals surface area contributed by atoms with E-state index in [1.807, 2.05) is 18.2 Å². The molecule has 5 nitrogen and oxygen atoms in total. The molecule has 0 fully saturated rings. The highest BCUT2D eigenvalue weighted by Gasteiger charge is 2.06. The molecule has 0 unspecified atom stereocenters. The summed E-state index contributed by atoms with van der Waals surface area (Å²) in [5.41, 5.74) is 0.272. The molecule has 0 aromatic carbocycles. The second kappa shape index (κ2) is 5.21. The van der Waals surface area contributed by atoms with Crippen molar-refractivity contribution in [3.63, 3.8) is 0 Å². The zero-order valence-electron chi connectivity index (χ0n) is 7.88. The zero-order valence-corrected chi connectivity index (χ0v) is 7.88. The number of nitrogens with zero attached hydrogens (tertiary/aromatic N) is 5. The fraction of sp³-hybridized carbons (Fsp3) is 0.200. The SMILES string of the molecule is N#CCN(CC#N)c1cccc(C#N)n1. The number of nitriles is 3. The number of hydrogen-bond acceptors (Lipinski definition) is 5. The first-order valence-electron chi connectivity index (χ1n) is 4.18. The molecule has 72 valence electrons. The molecule has 0 atom stereocenters. The third-order valence-electron chi connectivity index (χ3n) is 1.70. The van der Waals surface area contributed by atoms with Crippen LogP contribution in [0.5, 0.6) is 0 Å². The van der Waals surface area contributed by atoms with Crippen LogP contribution in [-0.2, 0) is 0 Å². The largest absolute Gasteiger partial charge is 0.330 e. The molecule has 1 aromatic heterocycles. The van der Waals surface area contributed by atoms with E-state index in [1.165, 1.54) is 4.90 Å². The first kappa shape index (κ1) is 10.5. The maximum Gasteiger partial charge on any atom is 0.142 e. The van der Waals surface area contributed by atoms with Crippen molar-refractivity contribution in [2.24, 2.45) is 0 Å². The Kier molecular flexibility index (Phi) is 3.65. The smallest absolute Gasteiger partial charge is 0.142 e. The summed E-state index contributed by atoms with van der Waals surface area (Å²) < 4.78 is 0. The Bertz CT molecular complexity index is 444. The van der Waals surface area contributed by atoms with E-state index < -0.39 is 0 Å². The standard InChI is InChI=1S/C10H7N5/c11-4-6-15(7-5-12)10-3-1-2-9(8-13)14-10/h1-3H,6-7H2. The molecule has 5 heteroatoms. The van der Waals surface area contributed by atoms with Crippen LogP contribution < -0.4 is 4.90 Å². The van der Waals surface area contributed by atoms with Crippen LogP contribution in [0.4, 0.5) is 5.82 Å². The van der Waals surface area contributed by atoms with Crippen LogP contribution >= 0.6 is 0 Å². The van der Waals surface area contributed by atoms with Crippen LogP contribution in [0.15, 0.2) is 18.2 Å². The van der Waals surface area contributed by atoms with Gasteiger partial charge in [-0.25, -0.2) is 4.98 Å². The lowest BCUT2D eigenvalue weighted by Gasteiger charge is -2.16. The molecule has 0 aliphatic rings. The average Bonchev–Trinajstić information content (AvgIpc) is 2.29. The maximum absolute atomic E-state index is 8.64. The van der Waals surface area contributed by atoms with Crippen LogP contribution in [0.1, 0.15) is 5.69 Å². The van der Waals surface area contributed by atoms with E-state index in [9.17, 15) is 0 Å². The summed E-state index contributed by atoms with van der Waals surface area (Å²) in [5, 5.41) is 25.8. The van der Waals surface area contributed by atoms with Crippen molar-refractivity contribution in [1.82, 2.24) is 4.98 Å². The maximum atomic E-state index is 8.64. The number of hydrogen-bond donors (Lipinski definition) is 0. The molecule has 1 aromatic rings. The summed E-state index contributed by atoms with van der Waals surface area (Å²) in [6.07, 6.45) is 0. The summed E-state index contributed by atoms with van der Waals surface area (Å²) in [6.45, 7) is 0.158. The van der Waals surface area contributed by atoms with Gasteiger partial charge in [-0.05, 0) is 12.1 Å². The predicted molar refractivity (Wildman–Crippen MR) is 52.4 cm³/mol. The summed E-state index contributed by atoms with van der Waals surface area (Å²) in [6, 6.07) is 10.7. The molecule has 0 N–H and O–H groups in total. The summed E-state index contributed by atoms with van der Waals surface area (Å²) >= 11 is 0. The molecule has 0 radical (unpaired) electrons. The molecule has 0 aliphatic heterocycles. The highest BCUT2D eigenvalue weighted by molar-refractivity contribution is 5.43. The summed E-state index contributed by atoms with van der Waals surface area (Å²) in [5.74, 6) is 0.470. The van der Waals surface area contributed by atoms with Gasteiger partial charge in [0, 0.05) is 0 Å². The molecule has 15 heavy (non-hydrogen) atoms. The minimum atomic E-state index is 0.0788. The fourth-order valence-electron chi connectivity index (χ4n) is 1.05. The van der Waals surface area contributed by atoms with Gasteiger partial charge in [0.05, 0.1) is 12.1 Å². The molecular formula is C10H7N5. The van der Waals surface area contributed by atoms with Crippen molar-refractivity contribution in [1.29, 1.82) is 15.8 Å². The first-order chi connectivity index (χ1) is 7.31. The van der Waals surface area contributed by atoms with E-state index in [0.29, 0.717) is 5.82 Å². The number of aromatic nitrogens is 1. The van der Waals surface area contributed by atoms with Crippen LogP contribution in [0.25, 0.3) is 0 Å². The lowest BCUT2D eigenvalue weighted by molar-refractivity contribution is 0.933. The second-order valence-electron chi connectivity index (χ2n) is 2.67. The van der Waals surface area contributed by atoms with Gasteiger partial charge in [-0.15, -0.1) is 0 Å². The monoisotopic (exact) mass is 197 g/mol. The van der Waals surface area contributed by atoms with Gasteiger partial charge in [-0.3, -0.25) is 0 Å². The van der Waals surface area contributed by atoms with Gasteiger partial charge < -0.3 is 4.90 Å². The van der Waals surface area contributed by atoms with Crippen molar-refractivity contribution in [3.05, 3.63) is 23.9 Å². The van der Waals surface area contributed by atoms with Gasteiger partial charge in [0.2, 0.25) is 0 Å². The van der Waals surface area contributed by atoms with Gasteiger partial charge in [0.1, 0.15) is 30.7 Å². The highest BCUT2D eigenvalue weighted by atomic mass is 15.2. The van der Waals surface area contributed by atoms with E-state index in [2.05, 4.69) is 4.98 Å². The Balaban J connectivity index is 2.97. The number of rotatable bonds is 3. The summed E-state index contributed by atoms with van der Waals surface area (Å²) in [4.78, 5) is 5.49. The van der Waals surface area contributed by atoms with Gasteiger partial charge in [-0.2, -0.15) is 15.8 Å². The van der Waals surface area contributed by atoms with Crippen molar-refractivity contribution >= 4 is 5.82 Å². The summed E-state index contributed by atoms with van der Waals surface area (Å²) in [7, 11) is 0. The Morgan fingerprint density at radius 3 is 2.33 bits per heavy atom. The molecule has 1 heterocycles. The molecular weight excluding hydrogens is 190 g/mol. The van der Waals surface area contributed by atoms with Crippen molar-refractivity contribution < 1.29 is 0 Å². The van der Waals surface area contributed by atoms with E-state index in [-0.39, 0.29) is 18.8 Å². The first-order valence-corrected chi connectivity index (χ1v) is 4.18. The Labute approximate surface area is 87.4 Å². The van der Waals surface area contributed by atoms with Crippen LogP contribution in [0.2, 0.25) is 0 Å². The molecule has 0 saturated carbocycles.